The second kappa shape index (κ2) is 7.36. The van der Waals surface area contributed by atoms with Crippen LogP contribution in [0.4, 0.5) is 0 Å². The van der Waals surface area contributed by atoms with Gasteiger partial charge in [0.1, 0.15) is 5.75 Å². The number of hydrogen-bond acceptors (Lipinski definition) is 4. The van der Waals surface area contributed by atoms with E-state index in [0.717, 1.165) is 28.0 Å². The second-order valence-electron chi connectivity index (χ2n) is 5.02. The van der Waals surface area contributed by atoms with Crippen LogP contribution in [-0.4, -0.2) is 23.7 Å². The van der Waals surface area contributed by atoms with E-state index in [1.165, 1.54) is 6.21 Å². The van der Waals surface area contributed by atoms with Gasteiger partial charge < -0.3 is 4.74 Å². The van der Waals surface area contributed by atoms with Gasteiger partial charge in [-0.2, -0.15) is 5.10 Å². The second-order valence-corrected chi connectivity index (χ2v) is 5.02. The molecule has 22 heavy (non-hydrogen) atoms. The van der Waals surface area contributed by atoms with E-state index in [1.54, 1.807) is 18.5 Å². The molecule has 1 amide bonds. The lowest BCUT2D eigenvalue weighted by Gasteiger charge is -2.13. The molecule has 1 aromatic heterocycles. The van der Waals surface area contributed by atoms with Gasteiger partial charge in [-0.25, -0.2) is 5.43 Å². The normalized spacial score (nSPS) is 10.7. The number of nitrogens with one attached hydrogen (secondary N) is 1. The Morgan fingerprint density at radius 3 is 2.77 bits per heavy atom. The van der Waals surface area contributed by atoms with Gasteiger partial charge in [0, 0.05) is 18.0 Å². The quantitative estimate of drug-likeness (QED) is 0.681. The van der Waals surface area contributed by atoms with Crippen LogP contribution in [0.25, 0.3) is 0 Å². The molecule has 2 aromatic rings. The molecule has 0 radical (unpaired) electrons. The summed E-state index contributed by atoms with van der Waals surface area (Å²) < 4.78 is 5.61. The van der Waals surface area contributed by atoms with E-state index in [2.05, 4.69) is 15.5 Å². The zero-order valence-electron chi connectivity index (χ0n) is 13.0. The van der Waals surface area contributed by atoms with Crippen LogP contribution in [0.3, 0.4) is 0 Å². The molecule has 0 spiro atoms. The van der Waals surface area contributed by atoms with Gasteiger partial charge in [0.15, 0.2) is 6.61 Å². The number of aryl methyl sites for hydroxylation is 2. The fraction of sp³-hybridized carbons (Fsp3) is 0.235. The lowest BCUT2D eigenvalue weighted by molar-refractivity contribution is -0.123. The number of hydrazone groups is 1. The van der Waals surface area contributed by atoms with Crippen LogP contribution in [0.2, 0.25) is 0 Å². The average molecular weight is 297 g/mol. The van der Waals surface area contributed by atoms with Crippen LogP contribution in [-0.2, 0) is 4.79 Å². The lowest BCUT2D eigenvalue weighted by Crippen LogP contribution is -2.25. The molecule has 0 aliphatic heterocycles. The van der Waals surface area contributed by atoms with Crippen molar-refractivity contribution >= 4 is 12.1 Å². The monoisotopic (exact) mass is 297 g/mol. The maximum absolute atomic E-state index is 11.7. The molecular formula is C17H19N3O2. The number of carbonyl (C=O) groups is 1. The van der Waals surface area contributed by atoms with Crippen LogP contribution in [0.5, 0.6) is 5.75 Å². The molecule has 0 bridgehead atoms. The number of ether oxygens (including phenoxy) is 1. The zero-order chi connectivity index (χ0) is 15.9. The molecule has 0 fully saturated rings. The number of nitrogens with zero attached hydrogens (tertiary/aromatic N) is 2. The summed E-state index contributed by atoms with van der Waals surface area (Å²) in [6.45, 7) is 5.88. The molecule has 1 heterocycles. The SMILES string of the molecule is Cc1ccc(C)c(OCC(=O)NN=Cc2cccnc2)c1C. The van der Waals surface area contributed by atoms with Gasteiger partial charge in [0.2, 0.25) is 0 Å². The average Bonchev–Trinajstić information content (AvgIpc) is 2.52. The number of aromatic nitrogens is 1. The van der Waals surface area contributed by atoms with Crippen LogP contribution < -0.4 is 10.2 Å². The van der Waals surface area contributed by atoms with Crippen molar-refractivity contribution < 1.29 is 9.53 Å². The third-order valence-electron chi connectivity index (χ3n) is 3.31. The Balaban J connectivity index is 1.89. The highest BCUT2D eigenvalue weighted by Crippen LogP contribution is 2.25. The molecule has 0 aliphatic carbocycles. The smallest absolute Gasteiger partial charge is 0.277 e. The Morgan fingerprint density at radius 1 is 1.27 bits per heavy atom. The summed E-state index contributed by atoms with van der Waals surface area (Å²) in [5, 5.41) is 3.87. The molecule has 1 aromatic carbocycles. The van der Waals surface area contributed by atoms with Gasteiger partial charge >= 0.3 is 0 Å². The largest absolute Gasteiger partial charge is 0.483 e. The summed E-state index contributed by atoms with van der Waals surface area (Å²) in [5.74, 6) is 0.451. The first-order chi connectivity index (χ1) is 10.6. The van der Waals surface area contributed by atoms with Gasteiger partial charge in [-0.15, -0.1) is 0 Å². The fourth-order valence-corrected chi connectivity index (χ4v) is 1.95. The molecular weight excluding hydrogens is 278 g/mol. The molecule has 0 saturated carbocycles. The molecule has 0 saturated heterocycles. The predicted octanol–water partition coefficient (Wildman–Crippen LogP) is 2.54. The fourth-order valence-electron chi connectivity index (χ4n) is 1.95. The van der Waals surface area contributed by atoms with Crippen molar-refractivity contribution in [1.29, 1.82) is 0 Å². The van der Waals surface area contributed by atoms with Crippen LogP contribution in [0.1, 0.15) is 22.3 Å². The van der Waals surface area contributed by atoms with E-state index in [9.17, 15) is 4.79 Å². The summed E-state index contributed by atoms with van der Waals surface area (Å²) in [5.41, 5.74) is 6.44. The van der Waals surface area contributed by atoms with Gasteiger partial charge in [0.05, 0.1) is 6.21 Å². The summed E-state index contributed by atoms with van der Waals surface area (Å²) >= 11 is 0. The highest BCUT2D eigenvalue weighted by atomic mass is 16.5. The molecule has 0 unspecified atom stereocenters. The van der Waals surface area contributed by atoms with Crippen LogP contribution in [0, 0.1) is 20.8 Å². The summed E-state index contributed by atoms with van der Waals surface area (Å²) in [6.07, 6.45) is 4.87. The van der Waals surface area contributed by atoms with Gasteiger partial charge in [-0.05, 0) is 43.5 Å². The molecule has 0 aliphatic rings. The van der Waals surface area contributed by atoms with E-state index in [1.807, 2.05) is 39.0 Å². The predicted molar refractivity (Wildman–Crippen MR) is 86.1 cm³/mol. The van der Waals surface area contributed by atoms with E-state index in [4.69, 9.17) is 4.74 Å². The van der Waals surface area contributed by atoms with Crippen LogP contribution in [0.15, 0.2) is 41.8 Å². The standard InChI is InChI=1S/C17H19N3O2/c1-12-6-7-13(2)17(14(12)3)22-11-16(21)20-19-10-15-5-4-8-18-9-15/h4-10H,11H2,1-3H3,(H,20,21). The van der Waals surface area contributed by atoms with E-state index in [0.29, 0.717) is 0 Å². The number of rotatable bonds is 5. The zero-order valence-corrected chi connectivity index (χ0v) is 13.0. The number of carbonyl (C=O) groups excluding carboxylic acids is 1. The minimum atomic E-state index is -0.305. The van der Waals surface area contributed by atoms with Crippen molar-refractivity contribution in [3.05, 3.63) is 58.9 Å². The maximum atomic E-state index is 11.7. The van der Waals surface area contributed by atoms with Gasteiger partial charge in [-0.3, -0.25) is 9.78 Å². The number of benzene rings is 1. The first-order valence-corrected chi connectivity index (χ1v) is 6.99. The molecule has 1 N–H and O–H groups in total. The highest BCUT2D eigenvalue weighted by Gasteiger charge is 2.08. The minimum Gasteiger partial charge on any atom is -0.483 e. The molecule has 114 valence electrons. The van der Waals surface area contributed by atoms with Crippen molar-refractivity contribution in [2.45, 2.75) is 20.8 Å². The van der Waals surface area contributed by atoms with Crippen molar-refractivity contribution in [2.75, 3.05) is 6.61 Å². The highest BCUT2D eigenvalue weighted by molar-refractivity contribution is 5.82. The van der Waals surface area contributed by atoms with E-state index >= 15 is 0 Å². The minimum absolute atomic E-state index is 0.0739. The first kappa shape index (κ1) is 15.7. The summed E-state index contributed by atoms with van der Waals surface area (Å²) in [4.78, 5) is 15.7. The van der Waals surface area contributed by atoms with Gasteiger partial charge in [0.25, 0.3) is 5.91 Å². The topological polar surface area (TPSA) is 63.6 Å². The Kier molecular flexibility index (Phi) is 5.25. The summed E-state index contributed by atoms with van der Waals surface area (Å²) in [7, 11) is 0. The Labute approximate surface area is 130 Å². The molecule has 2 rings (SSSR count). The number of hydrogen-bond donors (Lipinski definition) is 1. The van der Waals surface area contributed by atoms with Crippen molar-refractivity contribution in [3.63, 3.8) is 0 Å². The number of amides is 1. The molecule has 5 heteroatoms. The van der Waals surface area contributed by atoms with Crippen molar-refractivity contribution in [2.24, 2.45) is 5.10 Å². The Morgan fingerprint density at radius 2 is 2.05 bits per heavy atom. The lowest BCUT2D eigenvalue weighted by atomic mass is 10.1. The molecule has 0 atom stereocenters. The first-order valence-electron chi connectivity index (χ1n) is 6.99. The Bertz CT molecular complexity index is 682. The molecule has 5 nitrogen and oxygen atoms in total. The third-order valence-corrected chi connectivity index (χ3v) is 3.31. The van der Waals surface area contributed by atoms with Crippen LogP contribution >= 0.6 is 0 Å². The maximum Gasteiger partial charge on any atom is 0.277 e. The van der Waals surface area contributed by atoms with E-state index < -0.39 is 0 Å². The van der Waals surface area contributed by atoms with Crippen molar-refractivity contribution in [3.8, 4) is 5.75 Å². The third kappa shape index (κ3) is 4.15. The summed E-state index contributed by atoms with van der Waals surface area (Å²) in [6, 6.07) is 7.67. The van der Waals surface area contributed by atoms with Gasteiger partial charge in [-0.1, -0.05) is 18.2 Å². The van der Waals surface area contributed by atoms with Crippen molar-refractivity contribution in [1.82, 2.24) is 10.4 Å². The number of pyridine rings is 1. The van der Waals surface area contributed by atoms with E-state index in [-0.39, 0.29) is 12.5 Å². The Hall–Kier alpha value is -2.69.